The van der Waals surface area contributed by atoms with Gasteiger partial charge in [-0.15, -0.1) is 12.4 Å². The molecule has 1 saturated carbocycles. The van der Waals surface area contributed by atoms with Crippen molar-refractivity contribution in [1.82, 2.24) is 5.32 Å². The number of hydrogen-bond acceptors (Lipinski definition) is 3. The number of nitrogens with one attached hydrogen (secondary N) is 1. The van der Waals surface area contributed by atoms with Crippen LogP contribution in [0.15, 0.2) is 24.3 Å². The number of carbonyl (C=O) groups excluding carboxylic acids is 1. The number of ether oxygens (including phenoxy) is 1. The molecule has 2 rings (SSSR count). The smallest absolute Gasteiger partial charge is 0.223 e. The summed E-state index contributed by atoms with van der Waals surface area (Å²) >= 11 is 0. The zero-order valence-electron chi connectivity index (χ0n) is 12.6. The third kappa shape index (κ3) is 6.20. The molecular formula is C16H24ClFN2O2. The van der Waals surface area contributed by atoms with Crippen LogP contribution in [0, 0.1) is 11.7 Å². The van der Waals surface area contributed by atoms with Gasteiger partial charge in [-0.2, -0.15) is 0 Å². The van der Waals surface area contributed by atoms with Crippen LogP contribution in [-0.2, 0) is 4.79 Å². The van der Waals surface area contributed by atoms with Crippen LogP contribution < -0.4 is 15.8 Å². The highest BCUT2D eigenvalue weighted by molar-refractivity contribution is 5.85. The summed E-state index contributed by atoms with van der Waals surface area (Å²) < 4.78 is 18.2. The van der Waals surface area contributed by atoms with Crippen molar-refractivity contribution in [2.45, 2.75) is 38.1 Å². The number of rotatable bonds is 6. The maximum absolute atomic E-state index is 12.7. The molecule has 0 saturated heterocycles. The maximum atomic E-state index is 12.7. The summed E-state index contributed by atoms with van der Waals surface area (Å²) in [6.07, 6.45) is 4.51. The van der Waals surface area contributed by atoms with E-state index in [1.54, 1.807) is 12.1 Å². The molecule has 2 unspecified atom stereocenters. The van der Waals surface area contributed by atoms with E-state index in [2.05, 4.69) is 5.32 Å². The highest BCUT2D eigenvalue weighted by Gasteiger charge is 2.24. The molecule has 3 N–H and O–H groups in total. The molecule has 6 heteroatoms. The average Bonchev–Trinajstić information content (AvgIpc) is 2.48. The molecule has 0 heterocycles. The van der Waals surface area contributed by atoms with E-state index in [9.17, 15) is 9.18 Å². The summed E-state index contributed by atoms with van der Waals surface area (Å²) in [6.45, 7) is 1.09. The first kappa shape index (κ1) is 18.7. The molecule has 22 heavy (non-hydrogen) atoms. The molecule has 4 nitrogen and oxygen atoms in total. The Morgan fingerprint density at radius 2 is 2.05 bits per heavy atom. The summed E-state index contributed by atoms with van der Waals surface area (Å²) in [6, 6.07) is 6.08. The van der Waals surface area contributed by atoms with E-state index in [-0.39, 0.29) is 36.1 Å². The molecule has 1 aliphatic carbocycles. The van der Waals surface area contributed by atoms with Crippen molar-refractivity contribution < 1.29 is 13.9 Å². The van der Waals surface area contributed by atoms with Crippen molar-refractivity contribution in [1.29, 1.82) is 0 Å². The molecule has 1 aromatic rings. The number of nitrogens with two attached hydrogens (primary N) is 1. The van der Waals surface area contributed by atoms with Crippen molar-refractivity contribution in [2.75, 3.05) is 13.2 Å². The predicted molar refractivity (Wildman–Crippen MR) is 86.7 cm³/mol. The van der Waals surface area contributed by atoms with Crippen molar-refractivity contribution in [3.8, 4) is 5.75 Å². The van der Waals surface area contributed by atoms with Crippen LogP contribution >= 0.6 is 12.4 Å². The fourth-order valence-electron chi connectivity index (χ4n) is 2.61. The Hall–Kier alpha value is -1.33. The molecule has 1 aromatic carbocycles. The lowest BCUT2D eigenvalue weighted by Crippen LogP contribution is -2.38. The lowest BCUT2D eigenvalue weighted by molar-refractivity contribution is -0.126. The molecule has 0 bridgehead atoms. The van der Waals surface area contributed by atoms with Crippen molar-refractivity contribution in [2.24, 2.45) is 11.7 Å². The first-order valence-electron chi connectivity index (χ1n) is 7.57. The predicted octanol–water partition coefficient (Wildman–Crippen LogP) is 2.65. The van der Waals surface area contributed by atoms with E-state index in [0.717, 1.165) is 32.1 Å². The molecule has 0 aromatic heterocycles. The Bertz CT molecular complexity index is 456. The zero-order valence-corrected chi connectivity index (χ0v) is 13.4. The van der Waals surface area contributed by atoms with Gasteiger partial charge in [0, 0.05) is 18.5 Å². The van der Waals surface area contributed by atoms with Crippen LogP contribution in [-0.4, -0.2) is 25.1 Å². The second-order valence-electron chi connectivity index (χ2n) is 5.57. The van der Waals surface area contributed by atoms with Gasteiger partial charge < -0.3 is 15.8 Å². The Morgan fingerprint density at radius 3 is 2.73 bits per heavy atom. The van der Waals surface area contributed by atoms with Gasteiger partial charge in [-0.1, -0.05) is 6.42 Å². The van der Waals surface area contributed by atoms with Crippen LogP contribution in [0.1, 0.15) is 32.1 Å². The molecule has 1 fully saturated rings. The minimum Gasteiger partial charge on any atom is -0.494 e. The molecule has 124 valence electrons. The molecule has 1 amide bonds. The van der Waals surface area contributed by atoms with E-state index in [1.807, 2.05) is 0 Å². The normalized spacial score (nSPS) is 20.8. The van der Waals surface area contributed by atoms with Gasteiger partial charge in [0.05, 0.1) is 6.61 Å². The van der Waals surface area contributed by atoms with Crippen molar-refractivity contribution in [3.63, 3.8) is 0 Å². The van der Waals surface area contributed by atoms with E-state index >= 15 is 0 Å². The number of benzene rings is 1. The maximum Gasteiger partial charge on any atom is 0.223 e. The molecule has 0 spiro atoms. The topological polar surface area (TPSA) is 64.4 Å². The fourth-order valence-corrected chi connectivity index (χ4v) is 2.61. The third-order valence-corrected chi connectivity index (χ3v) is 3.79. The summed E-state index contributed by atoms with van der Waals surface area (Å²) in [7, 11) is 0. The van der Waals surface area contributed by atoms with Crippen molar-refractivity contribution >= 4 is 18.3 Å². The Kier molecular flexibility index (Phi) is 8.20. The van der Waals surface area contributed by atoms with Gasteiger partial charge in [-0.25, -0.2) is 4.39 Å². The highest BCUT2D eigenvalue weighted by atomic mass is 35.5. The SMILES string of the molecule is Cl.NC1CCCC(C(=O)NCCCOc2ccc(F)cc2)C1. The lowest BCUT2D eigenvalue weighted by Gasteiger charge is -2.25. The highest BCUT2D eigenvalue weighted by Crippen LogP contribution is 2.23. The average molecular weight is 331 g/mol. The summed E-state index contributed by atoms with van der Waals surface area (Å²) in [5.74, 6) is 0.528. The molecular weight excluding hydrogens is 307 g/mol. The quantitative estimate of drug-likeness (QED) is 0.788. The van der Waals surface area contributed by atoms with E-state index in [1.165, 1.54) is 12.1 Å². The van der Waals surface area contributed by atoms with E-state index in [4.69, 9.17) is 10.5 Å². The van der Waals surface area contributed by atoms with Gasteiger partial charge in [0.2, 0.25) is 5.91 Å². The number of carbonyl (C=O) groups is 1. The zero-order chi connectivity index (χ0) is 15.1. The van der Waals surface area contributed by atoms with E-state index < -0.39 is 0 Å². The molecule has 2 atom stereocenters. The van der Waals surface area contributed by atoms with Crippen LogP contribution in [0.25, 0.3) is 0 Å². The molecule has 0 aliphatic heterocycles. The van der Waals surface area contributed by atoms with Gasteiger partial charge in [0.15, 0.2) is 0 Å². The monoisotopic (exact) mass is 330 g/mol. The summed E-state index contributed by atoms with van der Waals surface area (Å²) in [5.41, 5.74) is 5.89. The molecule has 0 radical (unpaired) electrons. The van der Waals surface area contributed by atoms with Crippen LogP contribution in [0.3, 0.4) is 0 Å². The summed E-state index contributed by atoms with van der Waals surface area (Å²) in [5, 5.41) is 2.93. The van der Waals surface area contributed by atoms with Gasteiger partial charge in [-0.05, 0) is 49.9 Å². The fraction of sp³-hybridized carbons (Fsp3) is 0.562. The van der Waals surface area contributed by atoms with E-state index in [0.29, 0.717) is 18.9 Å². The minimum atomic E-state index is -0.277. The summed E-state index contributed by atoms with van der Waals surface area (Å²) in [4.78, 5) is 12.0. The van der Waals surface area contributed by atoms with Crippen LogP contribution in [0.4, 0.5) is 4.39 Å². The van der Waals surface area contributed by atoms with Gasteiger partial charge in [0.1, 0.15) is 11.6 Å². The first-order valence-corrected chi connectivity index (χ1v) is 7.57. The number of halogens is 2. The Balaban J connectivity index is 0.00000242. The first-order chi connectivity index (χ1) is 10.1. The third-order valence-electron chi connectivity index (χ3n) is 3.79. The van der Waals surface area contributed by atoms with Crippen LogP contribution in [0.5, 0.6) is 5.75 Å². The largest absolute Gasteiger partial charge is 0.494 e. The van der Waals surface area contributed by atoms with Gasteiger partial charge >= 0.3 is 0 Å². The number of amides is 1. The van der Waals surface area contributed by atoms with Crippen LogP contribution in [0.2, 0.25) is 0 Å². The second-order valence-corrected chi connectivity index (χ2v) is 5.57. The lowest BCUT2D eigenvalue weighted by atomic mass is 9.85. The second kappa shape index (κ2) is 9.64. The number of hydrogen-bond donors (Lipinski definition) is 2. The molecule has 1 aliphatic rings. The Morgan fingerprint density at radius 1 is 1.32 bits per heavy atom. The van der Waals surface area contributed by atoms with Gasteiger partial charge in [-0.3, -0.25) is 4.79 Å². The standard InChI is InChI=1S/C16H23FN2O2.ClH/c17-13-5-7-15(8-6-13)21-10-2-9-19-16(20)12-3-1-4-14(18)11-12;/h5-8,12,14H,1-4,9-11,18H2,(H,19,20);1H. The van der Waals surface area contributed by atoms with Gasteiger partial charge in [0.25, 0.3) is 0 Å². The van der Waals surface area contributed by atoms with Crippen molar-refractivity contribution in [3.05, 3.63) is 30.1 Å². The minimum absolute atomic E-state index is 0. The Labute approximate surface area is 137 Å².